The zero-order valence-electron chi connectivity index (χ0n) is 15.2. The van der Waals surface area contributed by atoms with Crippen molar-refractivity contribution in [3.05, 3.63) is 53.1 Å². The zero-order valence-corrected chi connectivity index (χ0v) is 16.1. The minimum atomic E-state index is -3.77. The molecule has 144 valence electrons. The van der Waals surface area contributed by atoms with Gasteiger partial charge in [-0.3, -0.25) is 4.79 Å². The van der Waals surface area contributed by atoms with E-state index in [2.05, 4.69) is 10.0 Å². The van der Waals surface area contributed by atoms with Crippen LogP contribution in [0.15, 0.2) is 41.3 Å². The van der Waals surface area contributed by atoms with Crippen LogP contribution in [0.25, 0.3) is 0 Å². The molecule has 0 radical (unpaired) electrons. The number of amides is 1. The molecule has 0 aliphatic carbocycles. The molecule has 2 aromatic rings. The highest BCUT2D eigenvalue weighted by Gasteiger charge is 2.19. The van der Waals surface area contributed by atoms with E-state index in [1.807, 2.05) is 6.92 Å². The number of hydrogen-bond donors (Lipinski definition) is 2. The molecule has 0 saturated heterocycles. The van der Waals surface area contributed by atoms with Crippen molar-refractivity contribution >= 4 is 15.9 Å². The summed E-state index contributed by atoms with van der Waals surface area (Å²) >= 11 is 0. The second-order valence-corrected chi connectivity index (χ2v) is 8.01. The Labute approximate surface area is 158 Å². The van der Waals surface area contributed by atoms with Crippen molar-refractivity contribution in [3.8, 4) is 11.5 Å². The molecule has 0 unspecified atom stereocenters. The summed E-state index contributed by atoms with van der Waals surface area (Å²) < 4.78 is 38.4. The van der Waals surface area contributed by atoms with Gasteiger partial charge in [0.05, 0.1) is 4.90 Å². The number of fused-ring (bicyclic) bond motifs is 1. The molecule has 1 aliphatic rings. The summed E-state index contributed by atoms with van der Waals surface area (Å²) in [4.78, 5) is 12.3. The molecule has 0 spiro atoms. The minimum Gasteiger partial charge on any atom is -0.454 e. The quantitative estimate of drug-likeness (QED) is 0.757. The molecule has 0 saturated carbocycles. The van der Waals surface area contributed by atoms with Crippen LogP contribution in [0.4, 0.5) is 0 Å². The van der Waals surface area contributed by atoms with Crippen LogP contribution in [0, 0.1) is 6.92 Å². The van der Waals surface area contributed by atoms with E-state index in [0.717, 1.165) is 17.5 Å². The molecule has 1 heterocycles. The standard InChI is InChI=1S/C19H22N2O5S/c1-3-8-20-19(22)16-10-15(6-4-13(16)2)27(23,24)21-11-14-5-7-17-18(9-14)26-12-25-17/h4-7,9-10,21H,3,8,11-12H2,1-2H3,(H,20,22). The van der Waals surface area contributed by atoms with E-state index in [-0.39, 0.29) is 24.1 Å². The fraction of sp³-hybridized carbons (Fsp3) is 0.316. The molecule has 0 bridgehead atoms. The summed E-state index contributed by atoms with van der Waals surface area (Å²) in [7, 11) is -3.77. The van der Waals surface area contributed by atoms with Crippen LogP contribution in [-0.2, 0) is 16.6 Å². The fourth-order valence-electron chi connectivity index (χ4n) is 2.66. The first-order chi connectivity index (χ1) is 12.9. The number of benzene rings is 2. The molecule has 0 atom stereocenters. The number of nitrogens with one attached hydrogen (secondary N) is 2. The highest BCUT2D eigenvalue weighted by atomic mass is 32.2. The molecule has 0 aromatic heterocycles. The van der Waals surface area contributed by atoms with E-state index in [9.17, 15) is 13.2 Å². The van der Waals surface area contributed by atoms with E-state index in [1.165, 1.54) is 12.1 Å². The Bertz CT molecular complexity index is 957. The van der Waals surface area contributed by atoms with Crippen LogP contribution in [0.2, 0.25) is 0 Å². The number of hydrogen-bond acceptors (Lipinski definition) is 5. The Morgan fingerprint density at radius 2 is 1.89 bits per heavy atom. The predicted molar refractivity (Wildman–Crippen MR) is 100 cm³/mol. The first-order valence-electron chi connectivity index (χ1n) is 8.68. The minimum absolute atomic E-state index is 0.0514. The monoisotopic (exact) mass is 390 g/mol. The van der Waals surface area contributed by atoms with Gasteiger partial charge in [-0.25, -0.2) is 13.1 Å². The maximum Gasteiger partial charge on any atom is 0.251 e. The number of aryl methyl sites for hydroxylation is 1. The molecule has 2 N–H and O–H groups in total. The lowest BCUT2D eigenvalue weighted by molar-refractivity contribution is 0.0953. The highest BCUT2D eigenvalue weighted by molar-refractivity contribution is 7.89. The normalized spacial score (nSPS) is 12.8. The van der Waals surface area contributed by atoms with Crippen molar-refractivity contribution in [2.45, 2.75) is 31.7 Å². The molecule has 3 rings (SSSR count). The number of rotatable bonds is 7. The smallest absolute Gasteiger partial charge is 0.251 e. The lowest BCUT2D eigenvalue weighted by Crippen LogP contribution is -2.26. The predicted octanol–water partition coefficient (Wildman–Crippen LogP) is 2.34. The second kappa shape index (κ2) is 7.98. The summed E-state index contributed by atoms with van der Waals surface area (Å²) in [5, 5.41) is 2.77. The zero-order chi connectivity index (χ0) is 19.4. The molecule has 1 amide bonds. The van der Waals surface area contributed by atoms with Crippen molar-refractivity contribution in [1.29, 1.82) is 0 Å². The topological polar surface area (TPSA) is 93.7 Å². The van der Waals surface area contributed by atoms with Gasteiger partial charge in [0, 0.05) is 18.7 Å². The van der Waals surface area contributed by atoms with E-state index in [1.54, 1.807) is 31.2 Å². The number of carbonyl (C=O) groups excluding carboxylic acids is 1. The van der Waals surface area contributed by atoms with Crippen LogP contribution in [0.1, 0.15) is 34.8 Å². The maximum absolute atomic E-state index is 12.6. The van der Waals surface area contributed by atoms with Gasteiger partial charge in [-0.05, 0) is 48.7 Å². The summed E-state index contributed by atoms with van der Waals surface area (Å²) in [5.41, 5.74) is 1.82. The number of ether oxygens (including phenoxy) is 2. The number of carbonyl (C=O) groups is 1. The van der Waals surface area contributed by atoms with Gasteiger partial charge in [-0.15, -0.1) is 0 Å². The first-order valence-corrected chi connectivity index (χ1v) is 10.2. The van der Waals surface area contributed by atoms with Gasteiger partial charge in [-0.1, -0.05) is 19.1 Å². The van der Waals surface area contributed by atoms with Crippen molar-refractivity contribution < 1.29 is 22.7 Å². The lowest BCUT2D eigenvalue weighted by Gasteiger charge is -2.11. The Balaban J connectivity index is 1.75. The second-order valence-electron chi connectivity index (χ2n) is 6.24. The van der Waals surface area contributed by atoms with Gasteiger partial charge in [-0.2, -0.15) is 0 Å². The highest BCUT2D eigenvalue weighted by Crippen LogP contribution is 2.32. The Hall–Kier alpha value is -2.58. The fourth-order valence-corrected chi connectivity index (χ4v) is 3.70. The third kappa shape index (κ3) is 4.40. The van der Waals surface area contributed by atoms with Gasteiger partial charge >= 0.3 is 0 Å². The molecule has 1 aliphatic heterocycles. The summed E-state index contributed by atoms with van der Waals surface area (Å²) in [6.45, 7) is 4.53. The van der Waals surface area contributed by atoms with Gasteiger partial charge in [0.15, 0.2) is 11.5 Å². The van der Waals surface area contributed by atoms with E-state index in [0.29, 0.717) is 23.6 Å². The summed E-state index contributed by atoms with van der Waals surface area (Å²) in [6.07, 6.45) is 0.805. The van der Waals surface area contributed by atoms with Crippen LogP contribution < -0.4 is 19.5 Å². The third-order valence-corrected chi connectivity index (χ3v) is 5.60. The average Bonchev–Trinajstić information content (AvgIpc) is 3.12. The lowest BCUT2D eigenvalue weighted by atomic mass is 10.1. The third-order valence-electron chi connectivity index (χ3n) is 4.20. The van der Waals surface area contributed by atoms with Crippen LogP contribution >= 0.6 is 0 Å². The molecule has 2 aromatic carbocycles. The maximum atomic E-state index is 12.6. The SMILES string of the molecule is CCCNC(=O)c1cc(S(=O)(=O)NCc2ccc3c(c2)OCO3)ccc1C. The molecule has 7 nitrogen and oxygen atoms in total. The molecule has 27 heavy (non-hydrogen) atoms. The van der Waals surface area contributed by atoms with Crippen LogP contribution in [0.5, 0.6) is 11.5 Å². The van der Waals surface area contributed by atoms with Crippen LogP contribution in [0.3, 0.4) is 0 Å². The Morgan fingerprint density at radius 3 is 2.67 bits per heavy atom. The molecule has 0 fully saturated rings. The van der Waals surface area contributed by atoms with Gasteiger partial charge < -0.3 is 14.8 Å². The molecular formula is C19H22N2O5S. The Morgan fingerprint density at radius 1 is 1.11 bits per heavy atom. The van der Waals surface area contributed by atoms with Gasteiger partial charge in [0.2, 0.25) is 16.8 Å². The number of sulfonamides is 1. The van der Waals surface area contributed by atoms with Crippen molar-refractivity contribution in [2.75, 3.05) is 13.3 Å². The Kier molecular flexibility index (Phi) is 5.67. The van der Waals surface area contributed by atoms with E-state index < -0.39 is 10.0 Å². The van der Waals surface area contributed by atoms with E-state index in [4.69, 9.17) is 9.47 Å². The largest absolute Gasteiger partial charge is 0.454 e. The molecular weight excluding hydrogens is 368 g/mol. The van der Waals surface area contributed by atoms with Gasteiger partial charge in [0.1, 0.15) is 0 Å². The summed E-state index contributed by atoms with van der Waals surface area (Å²) in [5.74, 6) is 0.960. The van der Waals surface area contributed by atoms with Crippen molar-refractivity contribution in [2.24, 2.45) is 0 Å². The average molecular weight is 390 g/mol. The van der Waals surface area contributed by atoms with Gasteiger partial charge in [0.25, 0.3) is 5.91 Å². The summed E-state index contributed by atoms with van der Waals surface area (Å²) in [6, 6.07) is 9.79. The van der Waals surface area contributed by atoms with Crippen molar-refractivity contribution in [3.63, 3.8) is 0 Å². The first kappa shape index (κ1) is 19.2. The molecule has 8 heteroatoms. The van der Waals surface area contributed by atoms with Crippen LogP contribution in [-0.4, -0.2) is 27.7 Å². The van der Waals surface area contributed by atoms with Crippen molar-refractivity contribution in [1.82, 2.24) is 10.0 Å². The van der Waals surface area contributed by atoms with E-state index >= 15 is 0 Å².